The second-order valence-corrected chi connectivity index (χ2v) is 5.34. The van der Waals surface area contributed by atoms with Crippen LogP contribution in [0.2, 0.25) is 0 Å². The highest BCUT2D eigenvalue weighted by molar-refractivity contribution is 6.03. The van der Waals surface area contributed by atoms with E-state index in [4.69, 9.17) is 4.74 Å². The molecule has 0 unspecified atom stereocenters. The Morgan fingerprint density at radius 1 is 1.00 bits per heavy atom. The lowest BCUT2D eigenvalue weighted by molar-refractivity contribution is 0.363. The number of nitrogens with zero attached hydrogens (tertiary/aromatic N) is 1. The van der Waals surface area contributed by atoms with E-state index < -0.39 is 0 Å². The van der Waals surface area contributed by atoms with Crippen LogP contribution in [0, 0.1) is 6.92 Å². The summed E-state index contributed by atoms with van der Waals surface area (Å²) in [6.45, 7) is 6.25. The molecule has 3 aromatic carbocycles. The Kier molecular flexibility index (Phi) is 4.53. The van der Waals surface area contributed by atoms with Gasteiger partial charge in [-0.1, -0.05) is 61.2 Å². The number of hydrogen-bond donors (Lipinski definition) is 0. The molecule has 0 heterocycles. The molecular weight excluding hydrogens is 282 g/mol. The average Bonchev–Trinajstić information content (AvgIpc) is 2.59. The molecule has 0 aromatic heterocycles. The number of ether oxygens (including phenoxy) is 1. The van der Waals surface area contributed by atoms with Gasteiger partial charge < -0.3 is 4.74 Å². The molecule has 2 heteroatoms. The van der Waals surface area contributed by atoms with Crippen molar-refractivity contribution in [2.24, 2.45) is 4.99 Å². The molecule has 0 spiro atoms. The second kappa shape index (κ2) is 6.93. The van der Waals surface area contributed by atoms with E-state index in [2.05, 4.69) is 42.8 Å². The molecule has 0 bridgehead atoms. The maximum Gasteiger partial charge on any atom is 0.129 e. The van der Waals surface area contributed by atoms with E-state index in [-0.39, 0.29) is 0 Å². The Hall–Kier alpha value is -2.87. The maximum absolute atomic E-state index is 5.80. The van der Waals surface area contributed by atoms with Crippen molar-refractivity contribution < 1.29 is 4.74 Å². The summed E-state index contributed by atoms with van der Waals surface area (Å²) in [5, 5.41) is 2.30. The molecule has 2 nitrogen and oxygen atoms in total. The van der Waals surface area contributed by atoms with Gasteiger partial charge in [0.2, 0.25) is 0 Å². The molecule has 0 aliphatic heterocycles. The van der Waals surface area contributed by atoms with Crippen LogP contribution in [0.15, 0.2) is 78.3 Å². The van der Waals surface area contributed by atoms with E-state index in [1.807, 2.05) is 42.6 Å². The highest BCUT2D eigenvalue weighted by Gasteiger charge is 2.07. The van der Waals surface area contributed by atoms with Crippen LogP contribution >= 0.6 is 0 Å². The minimum atomic E-state index is 0.476. The number of para-hydroxylation sites is 1. The van der Waals surface area contributed by atoms with Crippen LogP contribution in [0.5, 0.6) is 5.75 Å². The van der Waals surface area contributed by atoms with Crippen LogP contribution in [0.25, 0.3) is 10.8 Å². The van der Waals surface area contributed by atoms with Crippen molar-refractivity contribution >= 4 is 22.7 Å². The molecule has 114 valence electrons. The second-order valence-electron chi connectivity index (χ2n) is 5.34. The summed E-state index contributed by atoms with van der Waals surface area (Å²) in [4.78, 5) is 4.66. The molecule has 0 saturated heterocycles. The SMILES string of the molecule is C=CCOc1ccc2ccccc2c1C=Nc1ccccc1C. The van der Waals surface area contributed by atoms with E-state index in [0.29, 0.717) is 6.61 Å². The van der Waals surface area contributed by atoms with Gasteiger partial charge in [0.15, 0.2) is 0 Å². The van der Waals surface area contributed by atoms with Crippen molar-refractivity contribution in [3.63, 3.8) is 0 Å². The third-order valence-corrected chi connectivity index (χ3v) is 3.74. The summed E-state index contributed by atoms with van der Waals surface area (Å²) in [6, 6.07) is 20.4. The Bertz CT molecular complexity index is 865. The van der Waals surface area contributed by atoms with Gasteiger partial charge in [0.25, 0.3) is 0 Å². The van der Waals surface area contributed by atoms with E-state index in [1.54, 1.807) is 6.08 Å². The summed E-state index contributed by atoms with van der Waals surface area (Å²) in [7, 11) is 0. The molecule has 0 amide bonds. The summed E-state index contributed by atoms with van der Waals surface area (Å²) >= 11 is 0. The number of aliphatic imine (C=N–C) groups is 1. The third kappa shape index (κ3) is 3.32. The van der Waals surface area contributed by atoms with Crippen molar-refractivity contribution in [2.45, 2.75) is 6.92 Å². The van der Waals surface area contributed by atoms with Crippen LogP contribution in [0.3, 0.4) is 0 Å². The zero-order valence-electron chi connectivity index (χ0n) is 13.2. The van der Waals surface area contributed by atoms with Gasteiger partial charge in [-0.25, -0.2) is 0 Å². The number of fused-ring (bicyclic) bond motifs is 1. The van der Waals surface area contributed by atoms with Gasteiger partial charge in [0, 0.05) is 11.8 Å². The average molecular weight is 301 g/mol. The molecule has 0 saturated carbocycles. The van der Waals surface area contributed by atoms with E-state index >= 15 is 0 Å². The van der Waals surface area contributed by atoms with Gasteiger partial charge in [0.1, 0.15) is 12.4 Å². The van der Waals surface area contributed by atoms with E-state index in [1.165, 1.54) is 5.39 Å². The Labute approximate surface area is 136 Å². The van der Waals surface area contributed by atoms with E-state index in [0.717, 1.165) is 28.0 Å². The quantitative estimate of drug-likeness (QED) is 0.453. The topological polar surface area (TPSA) is 21.6 Å². The molecule has 3 rings (SSSR count). The van der Waals surface area contributed by atoms with Crippen molar-refractivity contribution in [1.82, 2.24) is 0 Å². The molecule has 23 heavy (non-hydrogen) atoms. The molecule has 0 fully saturated rings. The van der Waals surface area contributed by atoms with Gasteiger partial charge in [-0.3, -0.25) is 4.99 Å². The minimum absolute atomic E-state index is 0.476. The fraction of sp³-hybridized carbons (Fsp3) is 0.0952. The first-order valence-electron chi connectivity index (χ1n) is 7.65. The fourth-order valence-corrected chi connectivity index (χ4v) is 2.53. The van der Waals surface area contributed by atoms with Crippen LogP contribution in [-0.4, -0.2) is 12.8 Å². The monoisotopic (exact) mass is 301 g/mol. The smallest absolute Gasteiger partial charge is 0.129 e. The first-order chi connectivity index (χ1) is 11.3. The molecule has 0 aliphatic rings. The predicted molar refractivity (Wildman–Crippen MR) is 98.1 cm³/mol. The molecular formula is C21H19NO. The third-order valence-electron chi connectivity index (χ3n) is 3.74. The van der Waals surface area contributed by atoms with E-state index in [9.17, 15) is 0 Å². The predicted octanol–water partition coefficient (Wildman–Crippen LogP) is 5.46. The molecule has 3 aromatic rings. The number of aryl methyl sites for hydroxylation is 1. The van der Waals surface area contributed by atoms with Crippen LogP contribution in [0.4, 0.5) is 5.69 Å². The standard InChI is InChI=1S/C21H19NO/c1-3-14-23-21-13-12-17-9-5-6-10-18(17)19(21)15-22-20-11-7-4-8-16(20)2/h3-13,15H,1,14H2,2H3. The van der Waals surface area contributed by atoms with Gasteiger partial charge in [-0.2, -0.15) is 0 Å². The van der Waals surface area contributed by atoms with Crippen molar-refractivity contribution in [3.8, 4) is 5.75 Å². The maximum atomic E-state index is 5.80. The molecule has 0 atom stereocenters. The zero-order chi connectivity index (χ0) is 16.1. The van der Waals surface area contributed by atoms with Crippen LogP contribution in [-0.2, 0) is 0 Å². The number of rotatable bonds is 5. The summed E-state index contributed by atoms with van der Waals surface area (Å²) < 4.78 is 5.80. The summed E-state index contributed by atoms with van der Waals surface area (Å²) in [5.41, 5.74) is 3.11. The first-order valence-corrected chi connectivity index (χ1v) is 7.65. The Morgan fingerprint density at radius 2 is 1.78 bits per heavy atom. The summed E-state index contributed by atoms with van der Waals surface area (Å²) in [6.07, 6.45) is 3.64. The molecule has 0 radical (unpaired) electrons. The largest absolute Gasteiger partial charge is 0.489 e. The first kappa shape index (κ1) is 15.0. The molecule has 0 N–H and O–H groups in total. The minimum Gasteiger partial charge on any atom is -0.489 e. The van der Waals surface area contributed by atoms with Gasteiger partial charge in [0.05, 0.1) is 5.69 Å². The Balaban J connectivity index is 2.09. The van der Waals surface area contributed by atoms with Gasteiger partial charge >= 0.3 is 0 Å². The van der Waals surface area contributed by atoms with Crippen LogP contribution in [0.1, 0.15) is 11.1 Å². The van der Waals surface area contributed by atoms with Gasteiger partial charge in [-0.15, -0.1) is 0 Å². The Morgan fingerprint density at radius 3 is 2.61 bits per heavy atom. The molecule has 0 aliphatic carbocycles. The van der Waals surface area contributed by atoms with Crippen LogP contribution < -0.4 is 4.74 Å². The lowest BCUT2D eigenvalue weighted by Crippen LogP contribution is -1.98. The lowest BCUT2D eigenvalue weighted by atomic mass is 10.0. The fourth-order valence-electron chi connectivity index (χ4n) is 2.53. The number of benzene rings is 3. The van der Waals surface area contributed by atoms with Crippen molar-refractivity contribution in [2.75, 3.05) is 6.61 Å². The highest BCUT2D eigenvalue weighted by Crippen LogP contribution is 2.28. The zero-order valence-corrected chi connectivity index (χ0v) is 13.2. The lowest BCUT2D eigenvalue weighted by Gasteiger charge is -2.10. The van der Waals surface area contributed by atoms with Crippen molar-refractivity contribution in [3.05, 3.63) is 84.4 Å². The highest BCUT2D eigenvalue weighted by atomic mass is 16.5. The van der Waals surface area contributed by atoms with Gasteiger partial charge in [-0.05, 0) is 35.4 Å². The summed E-state index contributed by atoms with van der Waals surface area (Å²) in [5.74, 6) is 0.820. The normalized spacial score (nSPS) is 11.0. The van der Waals surface area contributed by atoms with Crippen molar-refractivity contribution in [1.29, 1.82) is 0 Å². The number of hydrogen-bond acceptors (Lipinski definition) is 2.